The first-order valence-corrected chi connectivity index (χ1v) is 12.5. The van der Waals surface area contributed by atoms with Crippen LogP contribution < -0.4 is 9.47 Å². The molecular formula is C28H36N2O4. The van der Waals surface area contributed by atoms with E-state index in [4.69, 9.17) is 9.47 Å². The molecule has 2 aliphatic rings. The summed E-state index contributed by atoms with van der Waals surface area (Å²) in [6.45, 7) is 4.58. The lowest BCUT2D eigenvalue weighted by molar-refractivity contribution is -0.159. The van der Waals surface area contributed by atoms with Crippen molar-refractivity contribution < 1.29 is 19.1 Å². The van der Waals surface area contributed by atoms with Gasteiger partial charge in [0.25, 0.3) is 5.91 Å². The number of hydrogen-bond donors (Lipinski definition) is 0. The molecule has 6 nitrogen and oxygen atoms in total. The maximum Gasteiger partial charge on any atom is 0.250 e. The van der Waals surface area contributed by atoms with Crippen molar-refractivity contribution in [3.05, 3.63) is 59.7 Å². The molecule has 2 fully saturated rings. The number of hydrogen-bond acceptors (Lipinski definition) is 4. The van der Waals surface area contributed by atoms with Crippen molar-refractivity contribution in [2.24, 2.45) is 0 Å². The van der Waals surface area contributed by atoms with Gasteiger partial charge in [0.05, 0.1) is 13.2 Å². The van der Waals surface area contributed by atoms with Gasteiger partial charge in [-0.15, -0.1) is 0 Å². The standard InChI is InChI=1S/C28H36N2O4/c1-20(2)34-24-15-14-22(18-25(24)33-3)27-28(32)30(23-12-8-5-9-13-23)19-26(31)29(27)17-16-21-10-6-4-7-11-21/h4,6-7,10-11,14-15,18,20,23,27H,5,8-9,12-13,16-17,19H2,1-3H3/t27-/m0/s1. The highest BCUT2D eigenvalue weighted by Gasteiger charge is 2.43. The molecule has 0 radical (unpaired) electrons. The van der Waals surface area contributed by atoms with Crippen LogP contribution in [0.5, 0.6) is 11.5 Å². The van der Waals surface area contributed by atoms with Gasteiger partial charge in [0.15, 0.2) is 11.5 Å². The second kappa shape index (κ2) is 10.9. The van der Waals surface area contributed by atoms with Gasteiger partial charge < -0.3 is 19.3 Å². The zero-order valence-corrected chi connectivity index (χ0v) is 20.5. The largest absolute Gasteiger partial charge is 0.493 e. The average Bonchev–Trinajstić information content (AvgIpc) is 2.85. The average molecular weight is 465 g/mol. The molecule has 6 heteroatoms. The fraction of sp³-hybridized carbons (Fsp3) is 0.500. The third kappa shape index (κ3) is 5.37. The lowest BCUT2D eigenvalue weighted by Crippen LogP contribution is -2.58. The maximum atomic E-state index is 13.9. The summed E-state index contributed by atoms with van der Waals surface area (Å²) in [6, 6.07) is 15.2. The minimum atomic E-state index is -0.658. The monoisotopic (exact) mass is 464 g/mol. The molecule has 1 saturated carbocycles. The van der Waals surface area contributed by atoms with Crippen LogP contribution in [0.3, 0.4) is 0 Å². The molecule has 2 aromatic carbocycles. The molecule has 0 bridgehead atoms. The number of rotatable bonds is 8. The maximum absolute atomic E-state index is 13.9. The van der Waals surface area contributed by atoms with Gasteiger partial charge in [-0.1, -0.05) is 55.7 Å². The van der Waals surface area contributed by atoms with Gasteiger partial charge in [-0.3, -0.25) is 9.59 Å². The summed E-state index contributed by atoms with van der Waals surface area (Å²) in [5.74, 6) is 1.23. The van der Waals surface area contributed by atoms with Crippen LogP contribution in [-0.2, 0) is 16.0 Å². The van der Waals surface area contributed by atoms with Gasteiger partial charge in [-0.25, -0.2) is 0 Å². The molecule has 0 unspecified atom stereocenters. The van der Waals surface area contributed by atoms with Gasteiger partial charge in [-0.2, -0.15) is 0 Å². The molecule has 182 valence electrons. The zero-order valence-electron chi connectivity index (χ0n) is 20.5. The van der Waals surface area contributed by atoms with Crippen LogP contribution in [0.1, 0.15) is 63.1 Å². The highest BCUT2D eigenvalue weighted by Crippen LogP contribution is 2.37. The van der Waals surface area contributed by atoms with E-state index in [-0.39, 0.29) is 30.5 Å². The van der Waals surface area contributed by atoms with E-state index in [0.717, 1.165) is 36.8 Å². The Morgan fingerprint density at radius 3 is 2.38 bits per heavy atom. The summed E-state index contributed by atoms with van der Waals surface area (Å²) in [5, 5.41) is 0. The predicted octanol–water partition coefficient (Wildman–Crippen LogP) is 4.77. The van der Waals surface area contributed by atoms with E-state index in [9.17, 15) is 9.59 Å². The molecule has 4 rings (SSSR count). The fourth-order valence-corrected chi connectivity index (χ4v) is 5.13. The highest BCUT2D eigenvalue weighted by molar-refractivity contribution is 5.96. The van der Waals surface area contributed by atoms with Crippen LogP contribution in [0.2, 0.25) is 0 Å². The fourth-order valence-electron chi connectivity index (χ4n) is 5.13. The van der Waals surface area contributed by atoms with E-state index < -0.39 is 6.04 Å². The number of methoxy groups -OCH3 is 1. The molecule has 0 spiro atoms. The first-order chi connectivity index (χ1) is 16.5. The lowest BCUT2D eigenvalue weighted by Gasteiger charge is -2.44. The Morgan fingerprint density at radius 2 is 1.71 bits per heavy atom. The van der Waals surface area contributed by atoms with Crippen LogP contribution in [0, 0.1) is 0 Å². The minimum Gasteiger partial charge on any atom is -0.493 e. The second-order valence-electron chi connectivity index (χ2n) is 9.56. The van der Waals surface area contributed by atoms with Crippen LogP contribution in [0.4, 0.5) is 0 Å². The summed E-state index contributed by atoms with van der Waals surface area (Å²) >= 11 is 0. The van der Waals surface area contributed by atoms with Gasteiger partial charge >= 0.3 is 0 Å². The Balaban J connectivity index is 1.66. The number of nitrogens with zero attached hydrogens (tertiary/aromatic N) is 2. The van der Waals surface area contributed by atoms with Crippen LogP contribution in [-0.4, -0.2) is 54.0 Å². The van der Waals surface area contributed by atoms with E-state index in [1.807, 2.05) is 55.1 Å². The molecule has 1 heterocycles. The van der Waals surface area contributed by atoms with E-state index in [1.165, 1.54) is 6.42 Å². The molecule has 2 aromatic rings. The Morgan fingerprint density at radius 1 is 0.971 bits per heavy atom. The Labute approximate surface area is 202 Å². The van der Waals surface area contributed by atoms with Crippen molar-refractivity contribution in [3.63, 3.8) is 0 Å². The molecule has 2 amide bonds. The summed E-state index contributed by atoms with van der Waals surface area (Å²) < 4.78 is 11.5. The van der Waals surface area contributed by atoms with Crippen molar-refractivity contribution in [2.75, 3.05) is 20.2 Å². The number of benzene rings is 2. The number of carbonyl (C=O) groups excluding carboxylic acids is 2. The summed E-state index contributed by atoms with van der Waals surface area (Å²) in [6.07, 6.45) is 6.07. The molecular weight excluding hydrogens is 428 g/mol. The quantitative estimate of drug-likeness (QED) is 0.565. The molecule has 1 atom stereocenters. The number of amides is 2. The summed E-state index contributed by atoms with van der Waals surface area (Å²) in [5.41, 5.74) is 1.91. The SMILES string of the molecule is COc1cc([C@H]2C(=O)N(C3CCCCC3)CC(=O)N2CCc2ccccc2)ccc1OC(C)C. The van der Waals surface area contributed by atoms with Crippen molar-refractivity contribution in [3.8, 4) is 11.5 Å². The third-order valence-electron chi connectivity index (χ3n) is 6.82. The third-order valence-corrected chi connectivity index (χ3v) is 6.82. The first kappa shape index (κ1) is 24.1. The molecule has 1 aliphatic heterocycles. The predicted molar refractivity (Wildman–Crippen MR) is 132 cm³/mol. The number of piperazine rings is 1. The summed E-state index contributed by atoms with van der Waals surface area (Å²) in [7, 11) is 1.60. The number of carbonyl (C=O) groups is 2. The second-order valence-corrected chi connectivity index (χ2v) is 9.56. The van der Waals surface area contributed by atoms with Crippen molar-refractivity contribution >= 4 is 11.8 Å². The van der Waals surface area contributed by atoms with Crippen molar-refractivity contribution in [2.45, 2.75) is 70.6 Å². The van der Waals surface area contributed by atoms with E-state index in [2.05, 4.69) is 12.1 Å². The molecule has 1 saturated heterocycles. The number of ether oxygens (including phenoxy) is 2. The lowest BCUT2D eigenvalue weighted by atomic mass is 9.91. The Bertz CT molecular complexity index is 985. The van der Waals surface area contributed by atoms with Gasteiger partial charge in [-0.05, 0) is 56.4 Å². The normalized spacial score (nSPS) is 19.6. The van der Waals surface area contributed by atoms with Crippen LogP contribution in [0.25, 0.3) is 0 Å². The van der Waals surface area contributed by atoms with Crippen LogP contribution in [0.15, 0.2) is 48.5 Å². The van der Waals surface area contributed by atoms with Gasteiger partial charge in [0, 0.05) is 12.6 Å². The topological polar surface area (TPSA) is 59.1 Å². The van der Waals surface area contributed by atoms with Gasteiger partial charge in [0.2, 0.25) is 5.91 Å². The molecule has 0 N–H and O–H groups in total. The molecule has 34 heavy (non-hydrogen) atoms. The van der Waals surface area contributed by atoms with Gasteiger partial charge in [0.1, 0.15) is 12.6 Å². The Hall–Kier alpha value is -3.02. The van der Waals surface area contributed by atoms with E-state index in [1.54, 1.807) is 12.0 Å². The zero-order chi connectivity index (χ0) is 24.1. The minimum absolute atomic E-state index is 0.00167. The molecule has 0 aromatic heterocycles. The molecule has 1 aliphatic carbocycles. The first-order valence-electron chi connectivity index (χ1n) is 12.5. The van der Waals surface area contributed by atoms with E-state index >= 15 is 0 Å². The van der Waals surface area contributed by atoms with Crippen LogP contribution >= 0.6 is 0 Å². The summed E-state index contributed by atoms with van der Waals surface area (Å²) in [4.78, 5) is 31.0. The van der Waals surface area contributed by atoms with E-state index in [0.29, 0.717) is 24.5 Å². The Kier molecular flexibility index (Phi) is 7.76. The smallest absolute Gasteiger partial charge is 0.250 e. The van der Waals surface area contributed by atoms with Crippen molar-refractivity contribution in [1.82, 2.24) is 9.80 Å². The highest BCUT2D eigenvalue weighted by atomic mass is 16.5. The van der Waals surface area contributed by atoms with Crippen molar-refractivity contribution in [1.29, 1.82) is 0 Å².